The summed E-state index contributed by atoms with van der Waals surface area (Å²) in [6.45, 7) is 51.7. The SMILES string of the molecule is CC(C)(O)Cc1ccccc1.CC(C)=O.CC(C)c1cccc(C(C)C)c1[N-]C(C)(C)c1ccccn1.CC(C)c1cccc(C(C)C)c1[N-]C(C)(C)c1ccccn1.[CH2-]c1ccccc1.[CH2-]c1ccccc1.[CH2-]c1ccccc1.[CH2-]c1ccccc1.[CH2-]c1ccccc1.[Zr+3].[Zr+4]. The second-order valence-corrected chi connectivity index (χ2v) is 25.8. The molecule has 0 saturated heterocycles. The first kappa shape index (κ1) is 88.4. The molecule has 0 fully saturated rings. The van der Waals surface area contributed by atoms with E-state index in [1.807, 2.05) is 232 Å². The molecule has 0 unspecified atom stereocenters. The number of para-hydroxylation sites is 2. The van der Waals surface area contributed by atoms with Gasteiger partial charge in [-0.2, -0.15) is 123 Å². The Morgan fingerprint density at radius 1 is 0.365 bits per heavy atom. The maximum absolute atomic E-state index is 9.47. The molecule has 8 aromatic carbocycles. The number of carbonyl (C=O) groups is 1. The van der Waals surface area contributed by atoms with Gasteiger partial charge < -0.3 is 20.5 Å². The number of pyridine rings is 2. The summed E-state index contributed by atoms with van der Waals surface area (Å²) < 4.78 is 0. The summed E-state index contributed by atoms with van der Waals surface area (Å²) in [4.78, 5) is 18.4. The van der Waals surface area contributed by atoms with Crippen molar-refractivity contribution in [1.82, 2.24) is 9.97 Å². The molecule has 8 heteroatoms. The minimum atomic E-state index is -0.596. The Kier molecular flexibility index (Phi) is 44.3. The molecule has 10 aromatic rings. The summed E-state index contributed by atoms with van der Waals surface area (Å²) in [7, 11) is 0. The number of nitrogens with zero attached hydrogens (tertiary/aromatic N) is 4. The normalized spacial score (nSPS) is 10.2. The molecule has 0 spiro atoms. The van der Waals surface area contributed by atoms with Crippen molar-refractivity contribution in [3.05, 3.63) is 379 Å². The number of aromatic nitrogens is 2. The van der Waals surface area contributed by atoms with Gasteiger partial charge in [-0.1, -0.05) is 226 Å². The van der Waals surface area contributed by atoms with Gasteiger partial charge in [-0.3, -0.25) is 9.97 Å². The molecule has 0 aliphatic heterocycles. The maximum Gasteiger partial charge on any atom is 4.00 e. The van der Waals surface area contributed by atoms with E-state index in [1.165, 1.54) is 41.7 Å². The van der Waals surface area contributed by atoms with Gasteiger partial charge in [0.1, 0.15) is 5.78 Å². The van der Waals surface area contributed by atoms with Crippen LogP contribution in [0.3, 0.4) is 0 Å². The number of hydrogen-bond donors (Lipinski definition) is 1. The predicted octanol–water partition coefficient (Wildman–Crippen LogP) is 24.5. The third-order valence-electron chi connectivity index (χ3n) is 13.7. The van der Waals surface area contributed by atoms with Gasteiger partial charge in [-0.15, -0.1) is 72.0 Å². The quantitative estimate of drug-likeness (QED) is 0.123. The van der Waals surface area contributed by atoms with Crippen molar-refractivity contribution < 1.29 is 62.3 Å². The molecule has 0 saturated carbocycles. The van der Waals surface area contributed by atoms with E-state index in [0.29, 0.717) is 30.1 Å². The molecule has 1 radical (unpaired) electrons. The molecule has 0 atom stereocenters. The molecule has 96 heavy (non-hydrogen) atoms. The van der Waals surface area contributed by atoms with Crippen LogP contribution >= 0.6 is 0 Å². The fourth-order valence-corrected chi connectivity index (χ4v) is 8.89. The number of Topliss-reactive ketones (excluding diaryl/α,β-unsaturated/α-hetero) is 1. The predicted molar refractivity (Wildman–Crippen MR) is 407 cm³/mol. The molecule has 0 aliphatic carbocycles. The van der Waals surface area contributed by atoms with E-state index in [0.717, 1.165) is 50.6 Å². The van der Waals surface area contributed by atoms with Crippen molar-refractivity contribution in [2.75, 3.05) is 0 Å². The maximum atomic E-state index is 9.47. The number of aliphatic hydroxyl groups is 1. The van der Waals surface area contributed by atoms with Crippen LogP contribution in [0.5, 0.6) is 0 Å². The largest absolute Gasteiger partial charge is 4.00 e. The molecule has 0 bridgehead atoms. The van der Waals surface area contributed by atoms with Crippen LogP contribution in [0.2, 0.25) is 0 Å². The Bertz CT molecular complexity index is 3140. The van der Waals surface area contributed by atoms with Gasteiger partial charge in [-0.25, -0.2) is 0 Å². The summed E-state index contributed by atoms with van der Waals surface area (Å²) in [5, 5.41) is 19.8. The molecular weight excluding hydrogens is 1330 g/mol. The van der Waals surface area contributed by atoms with Crippen LogP contribution in [-0.4, -0.2) is 26.5 Å². The number of rotatable bonds is 12. The molecule has 501 valence electrons. The number of hydrogen-bond acceptors (Lipinski definition) is 4. The zero-order valence-electron chi connectivity index (χ0n) is 60.6. The first-order valence-corrected chi connectivity index (χ1v) is 32.6. The zero-order chi connectivity index (χ0) is 70.1. The zero-order valence-corrected chi connectivity index (χ0v) is 65.5. The first-order chi connectivity index (χ1) is 44.4. The van der Waals surface area contributed by atoms with E-state index < -0.39 is 5.60 Å². The Hall–Kier alpha value is -7.59. The molecule has 1 N–H and O–H groups in total. The van der Waals surface area contributed by atoms with Crippen molar-refractivity contribution in [2.45, 2.75) is 158 Å². The fourth-order valence-electron chi connectivity index (χ4n) is 8.89. The Balaban J connectivity index is 0.00000112. The van der Waals surface area contributed by atoms with E-state index in [-0.39, 0.29) is 69.3 Å². The van der Waals surface area contributed by atoms with Gasteiger partial charge in [0.15, 0.2) is 0 Å². The number of carbonyl (C=O) groups excluding carboxylic acids is 1. The third-order valence-corrected chi connectivity index (χ3v) is 13.7. The van der Waals surface area contributed by atoms with Crippen LogP contribution < -0.4 is 0 Å². The van der Waals surface area contributed by atoms with Crippen LogP contribution in [0.4, 0.5) is 11.4 Å². The van der Waals surface area contributed by atoms with Crippen molar-refractivity contribution in [2.24, 2.45) is 0 Å². The Labute approximate surface area is 621 Å². The Morgan fingerprint density at radius 2 is 0.573 bits per heavy atom. The molecule has 2 heterocycles. The number of benzene rings is 8. The first-order valence-electron chi connectivity index (χ1n) is 32.6. The molecule has 10 rings (SSSR count). The summed E-state index contributed by atoms with van der Waals surface area (Å²) in [6, 6.07) is 84.5. The van der Waals surface area contributed by atoms with E-state index in [9.17, 15) is 9.90 Å². The van der Waals surface area contributed by atoms with Crippen molar-refractivity contribution in [3.63, 3.8) is 0 Å². The van der Waals surface area contributed by atoms with E-state index in [4.69, 9.17) is 10.6 Å². The van der Waals surface area contributed by atoms with Crippen molar-refractivity contribution in [3.8, 4) is 0 Å². The number of ketones is 1. The average molecular weight is 1440 g/mol. The summed E-state index contributed by atoms with van der Waals surface area (Å²) in [5.74, 6) is 1.99. The monoisotopic (exact) mass is 1430 g/mol. The molecule has 0 amide bonds. The van der Waals surface area contributed by atoms with E-state index >= 15 is 0 Å². The van der Waals surface area contributed by atoms with E-state index in [1.54, 1.807) is 0 Å². The average Bonchev–Trinajstić information content (AvgIpc) is 0.810. The summed E-state index contributed by atoms with van der Waals surface area (Å²) in [5.41, 5.74) is 14.8. The smallest absolute Gasteiger partial charge is 0.674 e. The summed E-state index contributed by atoms with van der Waals surface area (Å²) >= 11 is 0. The summed E-state index contributed by atoms with van der Waals surface area (Å²) in [6.07, 6.45) is 4.39. The van der Waals surface area contributed by atoms with Crippen LogP contribution in [0, 0.1) is 34.6 Å². The fraction of sp³-hybridized carbons (Fsp3) is 0.273. The second kappa shape index (κ2) is 48.2. The van der Waals surface area contributed by atoms with Crippen molar-refractivity contribution in [1.29, 1.82) is 0 Å². The minimum absolute atomic E-state index is 0. The van der Waals surface area contributed by atoms with Crippen LogP contribution in [-0.2, 0) is 74.7 Å². The second-order valence-electron chi connectivity index (χ2n) is 25.8. The van der Waals surface area contributed by atoms with Gasteiger partial charge in [0.25, 0.3) is 0 Å². The van der Waals surface area contributed by atoms with Gasteiger partial charge in [0.2, 0.25) is 0 Å². The topological polar surface area (TPSA) is 91.3 Å². The third kappa shape index (κ3) is 38.8. The van der Waals surface area contributed by atoms with Gasteiger partial charge in [0, 0.05) is 30.2 Å². The standard InChI is InChI=1S/2C20H27N2.C10H14O.5C7H7.C3H6O.2Zr/c2*1-14(2)16-10-9-11-17(15(3)4)19(16)22-20(5,6)18-12-7-8-13-21-18;1-10(2,11)8-9-6-4-3-5-7-9;5*1-7-5-3-2-4-6-7;1-3(2)4;;/h2*7-15H,1-6H3;3-7,11H,8H2,1-2H3;5*2-6H,1H2;1-2H3;;/q2*-1;;5*-1;;+3;+4. The molecule has 2 aromatic heterocycles. The van der Waals surface area contributed by atoms with Gasteiger partial charge >= 0.3 is 52.4 Å². The van der Waals surface area contributed by atoms with Crippen LogP contribution in [0.15, 0.2) is 267 Å². The van der Waals surface area contributed by atoms with Gasteiger partial charge in [-0.05, 0) is 81.2 Å². The Morgan fingerprint density at radius 3 is 0.740 bits per heavy atom. The van der Waals surface area contributed by atoms with Crippen molar-refractivity contribution >= 4 is 17.2 Å². The van der Waals surface area contributed by atoms with Crippen LogP contribution in [0.1, 0.15) is 201 Å². The van der Waals surface area contributed by atoms with E-state index in [2.05, 4.69) is 176 Å². The van der Waals surface area contributed by atoms with Crippen LogP contribution in [0.25, 0.3) is 10.6 Å². The molecule has 6 nitrogen and oxygen atoms in total. The molecule has 0 aliphatic rings. The van der Waals surface area contributed by atoms with Gasteiger partial charge in [0.05, 0.1) is 5.60 Å². The molecular formula is C88H109N4O2Zr2. The minimum Gasteiger partial charge on any atom is -0.674 e.